The van der Waals surface area contributed by atoms with Crippen LogP contribution in [0.5, 0.6) is 5.75 Å². The summed E-state index contributed by atoms with van der Waals surface area (Å²) in [4.78, 5) is 28.0. The van der Waals surface area contributed by atoms with Gasteiger partial charge in [-0.05, 0) is 42.2 Å². The SMILES string of the molecule is O=C1Nc2ccccc2[C@]12[C@H]([N+](=O)[O-])[C@@H](c1ccc(OCc3ccccc3)cc1)[C@H]1CCCN12. The highest BCUT2D eigenvalue weighted by Crippen LogP contribution is 2.58. The number of rotatable bonds is 5. The first kappa shape index (κ1) is 20.9. The number of fused-ring (bicyclic) bond motifs is 4. The van der Waals surface area contributed by atoms with E-state index in [1.165, 1.54) is 0 Å². The van der Waals surface area contributed by atoms with E-state index in [1.54, 1.807) is 0 Å². The van der Waals surface area contributed by atoms with Crippen LogP contribution in [-0.4, -0.2) is 34.4 Å². The number of nitrogens with one attached hydrogen (secondary N) is 1. The highest BCUT2D eigenvalue weighted by Gasteiger charge is 2.73. The highest BCUT2D eigenvalue weighted by atomic mass is 16.6. The van der Waals surface area contributed by atoms with Gasteiger partial charge in [0.1, 0.15) is 12.4 Å². The van der Waals surface area contributed by atoms with E-state index < -0.39 is 17.5 Å². The average molecular weight is 456 g/mol. The Morgan fingerprint density at radius 2 is 1.76 bits per heavy atom. The molecule has 6 rings (SSSR count). The van der Waals surface area contributed by atoms with E-state index in [9.17, 15) is 14.9 Å². The lowest BCUT2D eigenvalue weighted by molar-refractivity contribution is -0.534. The standard InChI is InChI=1S/C27H25N3O4/c31-26-27(21-9-4-5-10-22(21)28-26)25(30(32)33)24(23-11-6-16-29(23)27)19-12-14-20(15-13-19)34-17-18-7-2-1-3-8-18/h1-5,7-10,12-15,23-25H,6,11,16-17H2,(H,28,31)/t23-,24+,25-,27+/m1/s1. The molecule has 2 fully saturated rings. The molecule has 0 bridgehead atoms. The molecular weight excluding hydrogens is 430 g/mol. The van der Waals surface area contributed by atoms with Gasteiger partial charge >= 0.3 is 0 Å². The minimum absolute atomic E-state index is 0.0663. The Hall–Kier alpha value is -3.71. The lowest BCUT2D eigenvalue weighted by Gasteiger charge is -2.32. The monoisotopic (exact) mass is 455 g/mol. The first-order valence-corrected chi connectivity index (χ1v) is 11.7. The van der Waals surface area contributed by atoms with Crippen LogP contribution in [0, 0.1) is 10.1 Å². The number of benzene rings is 3. The van der Waals surface area contributed by atoms with Gasteiger partial charge in [0.2, 0.25) is 0 Å². The highest BCUT2D eigenvalue weighted by molar-refractivity contribution is 6.07. The van der Waals surface area contributed by atoms with E-state index in [-0.39, 0.29) is 16.9 Å². The smallest absolute Gasteiger partial charge is 0.256 e. The van der Waals surface area contributed by atoms with Gasteiger partial charge < -0.3 is 10.1 Å². The minimum Gasteiger partial charge on any atom is -0.489 e. The number of ether oxygens (including phenoxy) is 1. The summed E-state index contributed by atoms with van der Waals surface area (Å²) in [7, 11) is 0. The Morgan fingerprint density at radius 3 is 2.53 bits per heavy atom. The topological polar surface area (TPSA) is 84.7 Å². The van der Waals surface area contributed by atoms with Crippen molar-refractivity contribution in [3.63, 3.8) is 0 Å². The second-order valence-corrected chi connectivity index (χ2v) is 9.27. The molecule has 3 aliphatic rings. The number of amides is 1. The summed E-state index contributed by atoms with van der Waals surface area (Å²) in [6.45, 7) is 1.13. The molecule has 3 heterocycles. The summed E-state index contributed by atoms with van der Waals surface area (Å²) < 4.78 is 5.92. The van der Waals surface area contributed by atoms with Crippen LogP contribution < -0.4 is 10.1 Å². The fourth-order valence-electron chi connectivity index (χ4n) is 6.30. The third kappa shape index (κ3) is 2.97. The maximum Gasteiger partial charge on any atom is 0.256 e. The number of carbonyl (C=O) groups is 1. The molecule has 0 radical (unpaired) electrons. The molecule has 7 nitrogen and oxygen atoms in total. The van der Waals surface area contributed by atoms with Crippen molar-refractivity contribution in [3.8, 4) is 5.75 Å². The van der Waals surface area contributed by atoms with Crippen LogP contribution in [-0.2, 0) is 16.9 Å². The van der Waals surface area contributed by atoms with Crippen LogP contribution in [0.1, 0.15) is 35.4 Å². The van der Waals surface area contributed by atoms with Crippen LogP contribution in [0.3, 0.4) is 0 Å². The molecular formula is C27H25N3O4. The quantitative estimate of drug-likeness (QED) is 0.458. The van der Waals surface area contributed by atoms with Crippen molar-refractivity contribution in [3.05, 3.63) is 106 Å². The van der Waals surface area contributed by atoms with Gasteiger partial charge in [-0.25, -0.2) is 0 Å². The molecule has 4 atom stereocenters. The van der Waals surface area contributed by atoms with Crippen molar-refractivity contribution in [1.29, 1.82) is 0 Å². The van der Waals surface area contributed by atoms with E-state index in [0.29, 0.717) is 24.6 Å². The zero-order chi connectivity index (χ0) is 23.3. The van der Waals surface area contributed by atoms with Crippen molar-refractivity contribution < 1.29 is 14.5 Å². The van der Waals surface area contributed by atoms with Crippen LogP contribution in [0.4, 0.5) is 5.69 Å². The van der Waals surface area contributed by atoms with Gasteiger partial charge in [0.05, 0.1) is 5.92 Å². The number of hydrogen-bond donors (Lipinski definition) is 1. The van der Waals surface area contributed by atoms with E-state index >= 15 is 0 Å². The van der Waals surface area contributed by atoms with Crippen LogP contribution >= 0.6 is 0 Å². The average Bonchev–Trinajstić information content (AvgIpc) is 3.52. The second-order valence-electron chi connectivity index (χ2n) is 9.27. The molecule has 2 saturated heterocycles. The molecule has 1 spiro atoms. The first-order chi connectivity index (χ1) is 16.6. The number of para-hydroxylation sites is 1. The van der Waals surface area contributed by atoms with Crippen molar-refractivity contribution in [2.75, 3.05) is 11.9 Å². The van der Waals surface area contributed by atoms with Crippen LogP contribution in [0.2, 0.25) is 0 Å². The molecule has 7 heteroatoms. The van der Waals surface area contributed by atoms with Gasteiger partial charge in [-0.15, -0.1) is 0 Å². The largest absolute Gasteiger partial charge is 0.489 e. The fourth-order valence-corrected chi connectivity index (χ4v) is 6.30. The molecule has 3 aromatic carbocycles. The van der Waals surface area contributed by atoms with Crippen molar-refractivity contribution in [2.45, 2.75) is 43.0 Å². The number of nitrogens with zero attached hydrogens (tertiary/aromatic N) is 2. The molecule has 1 N–H and O–H groups in total. The van der Waals surface area contributed by atoms with Gasteiger partial charge in [-0.1, -0.05) is 60.7 Å². The van der Waals surface area contributed by atoms with Crippen molar-refractivity contribution in [1.82, 2.24) is 4.90 Å². The second kappa shape index (κ2) is 7.95. The van der Waals surface area contributed by atoms with Gasteiger partial charge in [0.25, 0.3) is 11.9 Å². The molecule has 0 saturated carbocycles. The summed E-state index contributed by atoms with van der Waals surface area (Å²) in [5.41, 5.74) is 2.06. The summed E-state index contributed by atoms with van der Waals surface area (Å²) in [6.07, 6.45) is 1.75. The van der Waals surface area contributed by atoms with Gasteiger partial charge in [-0.3, -0.25) is 19.8 Å². The van der Waals surface area contributed by atoms with Crippen molar-refractivity contribution in [2.24, 2.45) is 0 Å². The summed E-state index contributed by atoms with van der Waals surface area (Å²) in [5.74, 6) is 0.0374. The number of anilines is 1. The Bertz CT molecular complexity index is 1250. The third-order valence-electron chi connectivity index (χ3n) is 7.61. The van der Waals surface area contributed by atoms with E-state index in [1.807, 2.05) is 78.9 Å². The maximum absolute atomic E-state index is 13.5. The lowest BCUT2D eigenvalue weighted by Crippen LogP contribution is -2.55. The van der Waals surface area contributed by atoms with E-state index in [4.69, 9.17) is 4.74 Å². The fraction of sp³-hybridized carbons (Fsp3) is 0.296. The number of hydrogen-bond acceptors (Lipinski definition) is 5. The normalized spacial score (nSPS) is 27.4. The van der Waals surface area contributed by atoms with Crippen molar-refractivity contribution >= 4 is 11.6 Å². The Kier molecular flexibility index (Phi) is 4.88. The maximum atomic E-state index is 13.5. The lowest BCUT2D eigenvalue weighted by atomic mass is 9.77. The predicted octanol–water partition coefficient (Wildman–Crippen LogP) is 4.32. The Labute approximate surface area is 197 Å². The Balaban J connectivity index is 1.36. The number of carbonyl (C=O) groups excluding carboxylic acids is 1. The van der Waals surface area contributed by atoms with Gasteiger partial charge in [0.15, 0.2) is 5.54 Å². The predicted molar refractivity (Wildman–Crippen MR) is 127 cm³/mol. The molecule has 0 aliphatic carbocycles. The third-order valence-corrected chi connectivity index (χ3v) is 7.61. The van der Waals surface area contributed by atoms with Crippen LogP contribution in [0.15, 0.2) is 78.9 Å². The van der Waals surface area contributed by atoms with Gasteiger partial charge in [-0.2, -0.15) is 0 Å². The molecule has 172 valence electrons. The molecule has 3 aliphatic heterocycles. The zero-order valence-corrected chi connectivity index (χ0v) is 18.6. The van der Waals surface area contributed by atoms with Crippen LogP contribution in [0.25, 0.3) is 0 Å². The van der Waals surface area contributed by atoms with E-state index in [2.05, 4.69) is 10.2 Å². The summed E-state index contributed by atoms with van der Waals surface area (Å²) in [5, 5.41) is 15.6. The first-order valence-electron chi connectivity index (χ1n) is 11.7. The molecule has 3 aromatic rings. The number of nitro groups is 1. The summed E-state index contributed by atoms with van der Waals surface area (Å²) in [6, 6.07) is 23.8. The van der Waals surface area contributed by atoms with Gasteiger partial charge in [0, 0.05) is 28.8 Å². The molecule has 34 heavy (non-hydrogen) atoms. The Morgan fingerprint density at radius 1 is 1.03 bits per heavy atom. The summed E-state index contributed by atoms with van der Waals surface area (Å²) >= 11 is 0. The molecule has 0 aromatic heterocycles. The molecule has 1 amide bonds. The molecule has 0 unspecified atom stereocenters. The minimum atomic E-state index is -1.28. The van der Waals surface area contributed by atoms with E-state index in [0.717, 1.165) is 29.5 Å². The zero-order valence-electron chi connectivity index (χ0n) is 18.6.